The van der Waals surface area contributed by atoms with Crippen molar-refractivity contribution in [2.45, 2.75) is 32.9 Å². The Balaban J connectivity index is 1.63. The van der Waals surface area contributed by atoms with Crippen molar-refractivity contribution < 1.29 is 14.7 Å². The van der Waals surface area contributed by atoms with E-state index < -0.39 is 17.9 Å². The van der Waals surface area contributed by atoms with E-state index >= 15 is 0 Å². The van der Waals surface area contributed by atoms with E-state index in [4.69, 9.17) is 0 Å². The molecule has 1 aromatic heterocycles. The maximum absolute atomic E-state index is 12.3. The average molecular weight is 370 g/mol. The van der Waals surface area contributed by atoms with Crippen LogP contribution < -0.4 is 10.6 Å². The van der Waals surface area contributed by atoms with Gasteiger partial charge in [-0.15, -0.1) is 11.3 Å². The fraction of sp³-hybridized carbons (Fsp3) is 0.300. The van der Waals surface area contributed by atoms with Crippen LogP contribution in [0.25, 0.3) is 10.4 Å². The molecule has 0 saturated carbocycles. The number of hydrogen-bond donors (Lipinski definition) is 3. The van der Waals surface area contributed by atoms with Crippen LogP contribution in [0.2, 0.25) is 0 Å². The van der Waals surface area contributed by atoms with Gasteiger partial charge in [0.15, 0.2) is 0 Å². The number of aliphatic hydroxyl groups is 1. The van der Waals surface area contributed by atoms with Crippen LogP contribution in [0.15, 0.2) is 53.1 Å². The lowest BCUT2D eigenvalue weighted by Crippen LogP contribution is -2.32. The zero-order chi connectivity index (χ0) is 18.7. The van der Waals surface area contributed by atoms with Crippen molar-refractivity contribution in [3.05, 3.63) is 58.7 Å². The van der Waals surface area contributed by atoms with Crippen LogP contribution in [0.3, 0.4) is 0 Å². The Morgan fingerprint density at radius 3 is 2.62 bits per heavy atom. The van der Waals surface area contributed by atoms with Crippen molar-refractivity contribution >= 4 is 23.2 Å². The molecule has 2 amide bonds. The van der Waals surface area contributed by atoms with E-state index in [1.807, 2.05) is 49.6 Å². The first-order chi connectivity index (χ1) is 12.5. The molecule has 3 rings (SSSR count). The van der Waals surface area contributed by atoms with Gasteiger partial charge in [-0.2, -0.15) is 0 Å². The van der Waals surface area contributed by atoms with Gasteiger partial charge in [0, 0.05) is 11.4 Å². The second-order valence-electron chi connectivity index (χ2n) is 6.77. The lowest BCUT2D eigenvalue weighted by molar-refractivity contribution is -0.123. The summed E-state index contributed by atoms with van der Waals surface area (Å²) < 4.78 is 0. The average Bonchev–Trinajstić information content (AvgIpc) is 3.22. The minimum absolute atomic E-state index is 0.158. The number of thiophene rings is 1. The van der Waals surface area contributed by atoms with Gasteiger partial charge in [-0.25, -0.2) is 0 Å². The van der Waals surface area contributed by atoms with E-state index in [2.05, 4.69) is 16.7 Å². The topological polar surface area (TPSA) is 78.4 Å². The SMILES string of the molecule is CC(C)CC1NC(=O)C(C(=O)NCc2ccc(-c3cccs3)cc2)=C1O. The first-order valence-electron chi connectivity index (χ1n) is 8.60. The maximum atomic E-state index is 12.3. The van der Waals surface area contributed by atoms with Crippen molar-refractivity contribution in [2.24, 2.45) is 5.92 Å². The normalized spacial score (nSPS) is 16.9. The van der Waals surface area contributed by atoms with Crippen molar-refractivity contribution in [3.8, 4) is 10.4 Å². The predicted molar refractivity (Wildman–Crippen MR) is 103 cm³/mol. The smallest absolute Gasteiger partial charge is 0.261 e. The molecule has 0 spiro atoms. The Labute approximate surface area is 156 Å². The standard InChI is InChI=1S/C20H22N2O3S/c1-12(2)10-15-18(23)17(20(25)22-15)19(24)21-11-13-5-7-14(8-6-13)16-4-3-9-26-16/h3-9,12,15,23H,10-11H2,1-2H3,(H,21,24)(H,22,25). The van der Waals surface area contributed by atoms with Gasteiger partial charge in [-0.05, 0) is 34.9 Å². The van der Waals surface area contributed by atoms with Gasteiger partial charge in [0.1, 0.15) is 11.3 Å². The summed E-state index contributed by atoms with van der Waals surface area (Å²) in [6.45, 7) is 4.29. The van der Waals surface area contributed by atoms with Gasteiger partial charge in [-0.1, -0.05) is 44.2 Å². The molecular weight excluding hydrogens is 348 g/mol. The molecule has 2 heterocycles. The third kappa shape index (κ3) is 3.96. The minimum atomic E-state index is -0.548. The molecule has 0 radical (unpaired) electrons. The fourth-order valence-electron chi connectivity index (χ4n) is 2.95. The molecule has 1 unspecified atom stereocenters. The number of aliphatic hydroxyl groups excluding tert-OH is 1. The number of carbonyl (C=O) groups excluding carboxylic acids is 2. The lowest BCUT2D eigenvalue weighted by atomic mass is 10.0. The highest BCUT2D eigenvalue weighted by atomic mass is 32.1. The molecular formula is C20H22N2O3S. The van der Waals surface area contributed by atoms with Crippen LogP contribution >= 0.6 is 11.3 Å². The van der Waals surface area contributed by atoms with E-state index in [9.17, 15) is 14.7 Å². The molecule has 2 aromatic rings. The van der Waals surface area contributed by atoms with Crippen LogP contribution in [0.4, 0.5) is 0 Å². The number of amides is 2. The van der Waals surface area contributed by atoms with Crippen LogP contribution in [-0.4, -0.2) is 23.0 Å². The van der Waals surface area contributed by atoms with Gasteiger partial charge in [0.2, 0.25) is 0 Å². The number of rotatable bonds is 6. The second-order valence-corrected chi connectivity index (χ2v) is 7.72. The van der Waals surface area contributed by atoms with Gasteiger partial charge >= 0.3 is 0 Å². The van der Waals surface area contributed by atoms with E-state index in [1.54, 1.807) is 11.3 Å². The Hall–Kier alpha value is -2.60. The van der Waals surface area contributed by atoms with Crippen molar-refractivity contribution in [3.63, 3.8) is 0 Å². The van der Waals surface area contributed by atoms with Crippen molar-refractivity contribution in [2.75, 3.05) is 0 Å². The monoisotopic (exact) mass is 370 g/mol. The summed E-state index contributed by atoms with van der Waals surface area (Å²) in [5.41, 5.74) is 1.88. The Kier molecular flexibility index (Phi) is 5.42. The van der Waals surface area contributed by atoms with Crippen LogP contribution in [0, 0.1) is 5.92 Å². The van der Waals surface area contributed by atoms with Gasteiger partial charge in [0.05, 0.1) is 6.04 Å². The van der Waals surface area contributed by atoms with E-state index in [-0.39, 0.29) is 11.3 Å². The largest absolute Gasteiger partial charge is 0.509 e. The van der Waals surface area contributed by atoms with Crippen LogP contribution in [0.1, 0.15) is 25.8 Å². The molecule has 6 heteroatoms. The highest BCUT2D eigenvalue weighted by Crippen LogP contribution is 2.25. The first-order valence-corrected chi connectivity index (χ1v) is 9.48. The van der Waals surface area contributed by atoms with Gasteiger partial charge in [0.25, 0.3) is 11.8 Å². The van der Waals surface area contributed by atoms with E-state index in [1.165, 1.54) is 4.88 Å². The summed E-state index contributed by atoms with van der Waals surface area (Å²) in [6, 6.07) is 11.5. The third-order valence-corrected chi connectivity index (χ3v) is 5.18. The molecule has 3 N–H and O–H groups in total. The van der Waals surface area contributed by atoms with E-state index in [0.29, 0.717) is 18.9 Å². The summed E-state index contributed by atoms with van der Waals surface area (Å²) in [6.07, 6.45) is 0.596. The maximum Gasteiger partial charge on any atom is 0.261 e. The summed E-state index contributed by atoms with van der Waals surface area (Å²) in [5, 5.41) is 17.6. The van der Waals surface area contributed by atoms with Gasteiger partial charge in [-0.3, -0.25) is 9.59 Å². The summed E-state index contributed by atoms with van der Waals surface area (Å²) in [7, 11) is 0. The highest BCUT2D eigenvalue weighted by molar-refractivity contribution is 7.13. The van der Waals surface area contributed by atoms with Crippen molar-refractivity contribution in [1.82, 2.24) is 10.6 Å². The molecule has 5 nitrogen and oxygen atoms in total. The summed E-state index contributed by atoms with van der Waals surface area (Å²) in [5.74, 6) is -0.923. The van der Waals surface area contributed by atoms with Crippen LogP contribution in [0.5, 0.6) is 0 Å². The third-order valence-electron chi connectivity index (χ3n) is 4.27. The molecule has 136 valence electrons. The Morgan fingerprint density at radius 2 is 2.00 bits per heavy atom. The van der Waals surface area contributed by atoms with Crippen molar-refractivity contribution in [1.29, 1.82) is 0 Å². The molecule has 0 fully saturated rings. The molecule has 0 saturated heterocycles. The highest BCUT2D eigenvalue weighted by Gasteiger charge is 2.35. The molecule has 1 aliphatic rings. The summed E-state index contributed by atoms with van der Waals surface area (Å²) in [4.78, 5) is 25.5. The number of nitrogens with one attached hydrogen (secondary N) is 2. The number of hydrogen-bond acceptors (Lipinski definition) is 4. The number of carbonyl (C=O) groups is 2. The lowest BCUT2D eigenvalue weighted by Gasteiger charge is -2.12. The quantitative estimate of drug-likeness (QED) is 0.682. The van der Waals surface area contributed by atoms with E-state index in [0.717, 1.165) is 11.1 Å². The Bertz CT molecular complexity index is 823. The zero-order valence-corrected chi connectivity index (χ0v) is 15.6. The Morgan fingerprint density at radius 1 is 1.27 bits per heavy atom. The zero-order valence-electron chi connectivity index (χ0n) is 14.8. The minimum Gasteiger partial charge on any atom is -0.509 e. The molecule has 26 heavy (non-hydrogen) atoms. The molecule has 1 atom stereocenters. The first kappa shape index (κ1) is 18.2. The molecule has 1 aliphatic heterocycles. The molecule has 1 aromatic carbocycles. The van der Waals surface area contributed by atoms with Gasteiger partial charge < -0.3 is 15.7 Å². The molecule has 0 bridgehead atoms. The van der Waals surface area contributed by atoms with Crippen LogP contribution in [-0.2, 0) is 16.1 Å². The predicted octanol–water partition coefficient (Wildman–Crippen LogP) is 3.39. The fourth-order valence-corrected chi connectivity index (χ4v) is 3.68. The molecule has 0 aliphatic carbocycles. The summed E-state index contributed by atoms with van der Waals surface area (Å²) >= 11 is 1.67. The second kappa shape index (κ2) is 7.74. The number of benzene rings is 1.